The van der Waals surface area contributed by atoms with Crippen molar-refractivity contribution in [3.8, 4) is 0 Å². The van der Waals surface area contributed by atoms with Crippen LogP contribution in [0, 0.1) is 0 Å². The summed E-state index contributed by atoms with van der Waals surface area (Å²) in [6.45, 7) is 6.54. The molecule has 3 nitrogen and oxygen atoms in total. The van der Waals surface area contributed by atoms with Gasteiger partial charge in [0.2, 0.25) is 0 Å². The lowest BCUT2D eigenvalue weighted by Crippen LogP contribution is -2.29. The molecule has 0 heterocycles. The normalized spacial score (nSPS) is 11.3. The van der Waals surface area contributed by atoms with Crippen LogP contribution in [-0.2, 0) is 4.74 Å². The number of aliphatic hydroxyl groups is 1. The van der Waals surface area contributed by atoms with E-state index in [1.165, 1.54) is 51.4 Å². The Labute approximate surface area is 114 Å². The quantitative estimate of drug-likeness (QED) is 0.487. The van der Waals surface area contributed by atoms with Crippen LogP contribution in [0.3, 0.4) is 0 Å². The van der Waals surface area contributed by atoms with Crippen molar-refractivity contribution in [2.24, 2.45) is 0 Å². The smallest absolute Gasteiger partial charge is 0.0558 e. The number of hydrogen-bond donors (Lipinski definition) is 1. The Hall–Kier alpha value is -0.120. The zero-order valence-corrected chi connectivity index (χ0v) is 12.5. The SMILES string of the molecule is CCCCCCN(CCO)CCCCCCOC. The molecule has 1 N–H and O–H groups in total. The van der Waals surface area contributed by atoms with Crippen LogP contribution in [0.4, 0.5) is 0 Å². The minimum atomic E-state index is 0.289. The third-order valence-corrected chi connectivity index (χ3v) is 3.32. The van der Waals surface area contributed by atoms with E-state index in [-0.39, 0.29) is 6.61 Å². The van der Waals surface area contributed by atoms with Crippen LogP contribution in [0.25, 0.3) is 0 Å². The van der Waals surface area contributed by atoms with Gasteiger partial charge in [-0.25, -0.2) is 0 Å². The van der Waals surface area contributed by atoms with Gasteiger partial charge in [-0.15, -0.1) is 0 Å². The molecule has 0 aromatic heterocycles. The highest BCUT2D eigenvalue weighted by Crippen LogP contribution is 2.05. The van der Waals surface area contributed by atoms with E-state index < -0.39 is 0 Å². The summed E-state index contributed by atoms with van der Waals surface area (Å²) in [5.74, 6) is 0. The van der Waals surface area contributed by atoms with Crippen LogP contribution < -0.4 is 0 Å². The maximum Gasteiger partial charge on any atom is 0.0558 e. The summed E-state index contributed by atoms with van der Waals surface area (Å²) in [7, 11) is 1.76. The minimum absolute atomic E-state index is 0.289. The van der Waals surface area contributed by atoms with Crippen molar-refractivity contribution in [1.29, 1.82) is 0 Å². The Bertz CT molecular complexity index is 153. The molecule has 0 saturated heterocycles. The molecule has 0 unspecified atom stereocenters. The van der Waals surface area contributed by atoms with Gasteiger partial charge in [-0.1, -0.05) is 39.0 Å². The van der Waals surface area contributed by atoms with Gasteiger partial charge >= 0.3 is 0 Å². The Morgan fingerprint density at radius 3 is 2.00 bits per heavy atom. The molecule has 0 fully saturated rings. The molecule has 0 amide bonds. The van der Waals surface area contributed by atoms with Gasteiger partial charge in [-0.2, -0.15) is 0 Å². The fourth-order valence-electron chi connectivity index (χ4n) is 2.17. The standard InChI is InChI=1S/C15H33NO2/c1-3-4-5-8-11-16(13-14-17)12-9-6-7-10-15-18-2/h17H,3-15H2,1-2H3. The van der Waals surface area contributed by atoms with Gasteiger partial charge < -0.3 is 14.7 Å². The summed E-state index contributed by atoms with van der Waals surface area (Å²) in [6, 6.07) is 0. The average molecular weight is 259 g/mol. The van der Waals surface area contributed by atoms with Crippen LogP contribution in [0.15, 0.2) is 0 Å². The number of rotatable bonds is 14. The molecule has 0 aliphatic heterocycles. The minimum Gasteiger partial charge on any atom is -0.395 e. The van der Waals surface area contributed by atoms with E-state index in [0.29, 0.717) is 0 Å². The highest BCUT2D eigenvalue weighted by molar-refractivity contribution is 4.58. The van der Waals surface area contributed by atoms with Crippen molar-refractivity contribution in [1.82, 2.24) is 4.90 Å². The van der Waals surface area contributed by atoms with Crippen molar-refractivity contribution < 1.29 is 9.84 Å². The third kappa shape index (κ3) is 12.3. The largest absolute Gasteiger partial charge is 0.395 e. The Balaban J connectivity index is 3.44. The van der Waals surface area contributed by atoms with E-state index >= 15 is 0 Å². The Morgan fingerprint density at radius 1 is 0.833 bits per heavy atom. The van der Waals surface area contributed by atoms with Crippen molar-refractivity contribution in [2.45, 2.75) is 58.3 Å². The number of unbranched alkanes of at least 4 members (excludes halogenated alkanes) is 6. The highest BCUT2D eigenvalue weighted by Gasteiger charge is 2.03. The van der Waals surface area contributed by atoms with Crippen LogP contribution in [-0.4, -0.2) is 50.0 Å². The fraction of sp³-hybridized carbons (Fsp3) is 1.00. The van der Waals surface area contributed by atoms with Gasteiger partial charge in [0.1, 0.15) is 0 Å². The zero-order valence-electron chi connectivity index (χ0n) is 12.5. The zero-order chi connectivity index (χ0) is 13.5. The summed E-state index contributed by atoms with van der Waals surface area (Å²) in [5, 5.41) is 9.05. The first kappa shape index (κ1) is 17.9. The van der Waals surface area contributed by atoms with Gasteiger partial charge in [0, 0.05) is 20.3 Å². The molecule has 0 spiro atoms. The molecule has 0 radical (unpaired) electrons. The summed E-state index contributed by atoms with van der Waals surface area (Å²) >= 11 is 0. The highest BCUT2D eigenvalue weighted by atomic mass is 16.5. The maximum atomic E-state index is 9.05. The molecule has 0 saturated carbocycles. The predicted molar refractivity (Wildman–Crippen MR) is 78.0 cm³/mol. The monoisotopic (exact) mass is 259 g/mol. The second kappa shape index (κ2) is 14.9. The first-order chi connectivity index (χ1) is 8.85. The molecule has 110 valence electrons. The van der Waals surface area contributed by atoms with Crippen molar-refractivity contribution in [3.05, 3.63) is 0 Å². The fourth-order valence-corrected chi connectivity index (χ4v) is 2.17. The average Bonchev–Trinajstić information content (AvgIpc) is 2.38. The molecule has 0 aromatic rings. The van der Waals surface area contributed by atoms with Gasteiger partial charge in [0.25, 0.3) is 0 Å². The first-order valence-corrected chi connectivity index (χ1v) is 7.67. The van der Waals surface area contributed by atoms with E-state index in [2.05, 4.69) is 11.8 Å². The molecular formula is C15H33NO2. The molecule has 0 aliphatic carbocycles. The van der Waals surface area contributed by atoms with E-state index in [9.17, 15) is 0 Å². The summed E-state index contributed by atoms with van der Waals surface area (Å²) in [5.41, 5.74) is 0. The molecule has 0 aromatic carbocycles. The summed E-state index contributed by atoms with van der Waals surface area (Å²) in [6.07, 6.45) is 10.2. The van der Waals surface area contributed by atoms with Crippen molar-refractivity contribution >= 4 is 0 Å². The molecule has 18 heavy (non-hydrogen) atoms. The lowest BCUT2D eigenvalue weighted by Gasteiger charge is -2.21. The van der Waals surface area contributed by atoms with Crippen LogP contribution in [0.5, 0.6) is 0 Å². The van der Waals surface area contributed by atoms with Crippen molar-refractivity contribution in [2.75, 3.05) is 40.0 Å². The molecular weight excluding hydrogens is 226 g/mol. The summed E-state index contributed by atoms with van der Waals surface area (Å²) < 4.78 is 5.04. The second-order valence-electron chi connectivity index (χ2n) is 5.03. The lowest BCUT2D eigenvalue weighted by atomic mass is 10.1. The maximum absolute atomic E-state index is 9.05. The van der Waals surface area contributed by atoms with Crippen LogP contribution >= 0.6 is 0 Å². The second-order valence-corrected chi connectivity index (χ2v) is 5.03. The Morgan fingerprint density at radius 2 is 1.44 bits per heavy atom. The van der Waals surface area contributed by atoms with E-state index in [1.54, 1.807) is 7.11 Å². The molecule has 0 bridgehead atoms. The third-order valence-electron chi connectivity index (χ3n) is 3.32. The lowest BCUT2D eigenvalue weighted by molar-refractivity contribution is 0.183. The summed E-state index contributed by atoms with van der Waals surface area (Å²) in [4.78, 5) is 2.41. The van der Waals surface area contributed by atoms with Gasteiger partial charge in [-0.3, -0.25) is 0 Å². The van der Waals surface area contributed by atoms with Crippen LogP contribution in [0.1, 0.15) is 58.3 Å². The molecule has 3 heteroatoms. The first-order valence-electron chi connectivity index (χ1n) is 7.67. The molecule has 0 rings (SSSR count). The number of methoxy groups -OCH3 is 1. The van der Waals surface area contributed by atoms with Gasteiger partial charge in [0.15, 0.2) is 0 Å². The number of aliphatic hydroxyl groups excluding tert-OH is 1. The van der Waals surface area contributed by atoms with Gasteiger partial charge in [-0.05, 0) is 32.4 Å². The Kier molecular flexibility index (Phi) is 14.8. The topological polar surface area (TPSA) is 32.7 Å². The predicted octanol–water partition coefficient (Wildman–Crippen LogP) is 3.07. The molecule has 0 atom stereocenters. The van der Waals surface area contributed by atoms with E-state index in [0.717, 1.165) is 26.2 Å². The van der Waals surface area contributed by atoms with E-state index in [4.69, 9.17) is 9.84 Å². The number of hydrogen-bond acceptors (Lipinski definition) is 3. The van der Waals surface area contributed by atoms with E-state index in [1.807, 2.05) is 0 Å². The van der Waals surface area contributed by atoms with Crippen molar-refractivity contribution in [3.63, 3.8) is 0 Å². The molecule has 0 aliphatic rings. The number of ether oxygens (including phenoxy) is 1. The van der Waals surface area contributed by atoms with Crippen LogP contribution in [0.2, 0.25) is 0 Å². The van der Waals surface area contributed by atoms with Gasteiger partial charge in [0.05, 0.1) is 6.61 Å². The number of nitrogens with zero attached hydrogens (tertiary/aromatic N) is 1.